The maximum Gasteiger partial charge on any atom is 0.338 e. The van der Waals surface area contributed by atoms with Crippen molar-refractivity contribution in [1.82, 2.24) is 15.0 Å². The van der Waals surface area contributed by atoms with E-state index in [9.17, 15) is 4.79 Å². The van der Waals surface area contributed by atoms with Crippen LogP contribution in [0.5, 0.6) is 0 Å². The minimum absolute atomic E-state index is 0.0961. The zero-order valence-corrected chi connectivity index (χ0v) is 11.4. The van der Waals surface area contributed by atoms with E-state index in [0.29, 0.717) is 26.8 Å². The first kappa shape index (κ1) is 12.9. The number of aromatic carboxylic acids is 1. The number of benzene rings is 2. The van der Waals surface area contributed by atoms with Gasteiger partial charge >= 0.3 is 5.97 Å². The van der Waals surface area contributed by atoms with Crippen molar-refractivity contribution < 1.29 is 9.90 Å². The van der Waals surface area contributed by atoms with Crippen LogP contribution in [-0.4, -0.2) is 26.1 Å². The molecule has 100 valence electrons. The highest BCUT2D eigenvalue weighted by Crippen LogP contribution is 2.27. The standard InChI is InChI=1S/C13H7Cl2N3O2/c14-7-4-5-10(9(15)6-7)18-11-3-1-2-8(13(19)20)12(11)16-17-18/h1-6H,(H,19,20). The molecule has 1 aromatic heterocycles. The molecule has 0 saturated heterocycles. The van der Waals surface area contributed by atoms with E-state index in [1.54, 1.807) is 30.3 Å². The molecule has 0 radical (unpaired) electrons. The van der Waals surface area contributed by atoms with E-state index < -0.39 is 5.97 Å². The first-order chi connectivity index (χ1) is 9.58. The summed E-state index contributed by atoms with van der Waals surface area (Å²) in [5.41, 5.74) is 1.56. The van der Waals surface area contributed by atoms with E-state index in [1.165, 1.54) is 10.7 Å². The largest absolute Gasteiger partial charge is 0.478 e. The number of hydrogen-bond acceptors (Lipinski definition) is 3. The number of rotatable bonds is 2. The van der Waals surface area contributed by atoms with Gasteiger partial charge in [0.15, 0.2) is 0 Å². The second kappa shape index (κ2) is 4.77. The van der Waals surface area contributed by atoms with E-state index in [4.69, 9.17) is 28.3 Å². The van der Waals surface area contributed by atoms with Crippen LogP contribution in [0.1, 0.15) is 10.4 Å². The lowest BCUT2D eigenvalue weighted by molar-refractivity contribution is 0.0699. The number of halogens is 2. The lowest BCUT2D eigenvalue weighted by Crippen LogP contribution is -1.99. The molecule has 0 aliphatic rings. The molecule has 3 aromatic rings. The minimum Gasteiger partial charge on any atom is -0.478 e. The highest BCUT2D eigenvalue weighted by Gasteiger charge is 2.15. The lowest BCUT2D eigenvalue weighted by atomic mass is 10.2. The van der Waals surface area contributed by atoms with Crippen molar-refractivity contribution >= 4 is 40.2 Å². The van der Waals surface area contributed by atoms with Crippen molar-refractivity contribution in [3.05, 3.63) is 52.0 Å². The van der Waals surface area contributed by atoms with Gasteiger partial charge in [0.05, 0.1) is 21.8 Å². The zero-order valence-electron chi connectivity index (χ0n) is 9.92. The van der Waals surface area contributed by atoms with Crippen molar-refractivity contribution in [3.63, 3.8) is 0 Å². The molecule has 3 rings (SSSR count). The molecule has 0 unspecified atom stereocenters. The summed E-state index contributed by atoms with van der Waals surface area (Å²) in [5, 5.41) is 17.9. The number of fused-ring (bicyclic) bond motifs is 1. The molecular formula is C13H7Cl2N3O2. The number of carboxylic acid groups (broad SMARTS) is 1. The van der Waals surface area contributed by atoms with Gasteiger partial charge in [0.1, 0.15) is 5.52 Å². The normalized spacial score (nSPS) is 10.9. The Hall–Kier alpha value is -2.11. The first-order valence-corrected chi connectivity index (χ1v) is 6.36. The summed E-state index contributed by atoms with van der Waals surface area (Å²) >= 11 is 12.0. The number of carbonyl (C=O) groups is 1. The number of hydrogen-bond donors (Lipinski definition) is 1. The Labute approximate surface area is 123 Å². The van der Waals surface area contributed by atoms with Crippen LogP contribution in [0.15, 0.2) is 36.4 Å². The van der Waals surface area contributed by atoms with Gasteiger partial charge in [0.2, 0.25) is 0 Å². The van der Waals surface area contributed by atoms with Crippen molar-refractivity contribution in [3.8, 4) is 5.69 Å². The third kappa shape index (κ3) is 2.01. The highest BCUT2D eigenvalue weighted by atomic mass is 35.5. The molecule has 0 amide bonds. The second-order valence-corrected chi connectivity index (χ2v) is 4.92. The molecule has 2 aromatic carbocycles. The molecule has 0 bridgehead atoms. The van der Waals surface area contributed by atoms with Gasteiger partial charge in [-0.3, -0.25) is 0 Å². The van der Waals surface area contributed by atoms with Crippen LogP contribution < -0.4 is 0 Å². The van der Waals surface area contributed by atoms with E-state index in [0.717, 1.165) is 0 Å². The van der Waals surface area contributed by atoms with Crippen LogP contribution in [-0.2, 0) is 0 Å². The summed E-state index contributed by atoms with van der Waals surface area (Å²) in [4.78, 5) is 11.2. The maximum atomic E-state index is 11.2. The average Bonchev–Trinajstić information content (AvgIpc) is 2.82. The molecule has 0 atom stereocenters. The van der Waals surface area contributed by atoms with Gasteiger partial charge in [0.25, 0.3) is 0 Å². The SMILES string of the molecule is O=C(O)c1cccc2c1nnn2-c1ccc(Cl)cc1Cl. The second-order valence-electron chi connectivity index (χ2n) is 4.08. The molecule has 20 heavy (non-hydrogen) atoms. The number of nitrogens with zero attached hydrogens (tertiary/aromatic N) is 3. The third-order valence-electron chi connectivity index (χ3n) is 2.85. The molecule has 7 heteroatoms. The molecule has 0 spiro atoms. The third-order valence-corrected chi connectivity index (χ3v) is 3.38. The predicted molar refractivity (Wildman–Crippen MR) is 75.8 cm³/mol. The zero-order chi connectivity index (χ0) is 14.3. The number of carboxylic acids is 1. The summed E-state index contributed by atoms with van der Waals surface area (Å²) in [7, 11) is 0. The Morgan fingerprint density at radius 3 is 2.70 bits per heavy atom. The Morgan fingerprint density at radius 2 is 2.00 bits per heavy atom. The summed E-state index contributed by atoms with van der Waals surface area (Å²) in [6.07, 6.45) is 0. The topological polar surface area (TPSA) is 68.0 Å². The minimum atomic E-state index is -1.05. The van der Waals surface area contributed by atoms with E-state index in [2.05, 4.69) is 10.3 Å². The highest BCUT2D eigenvalue weighted by molar-refractivity contribution is 6.35. The molecule has 1 heterocycles. The molecule has 0 fully saturated rings. The van der Waals surface area contributed by atoms with E-state index in [1.807, 2.05) is 0 Å². The summed E-state index contributed by atoms with van der Waals surface area (Å²) in [6.45, 7) is 0. The quantitative estimate of drug-likeness (QED) is 0.787. The van der Waals surface area contributed by atoms with Gasteiger partial charge in [-0.05, 0) is 30.3 Å². The van der Waals surface area contributed by atoms with Crippen LogP contribution in [0.3, 0.4) is 0 Å². The molecule has 5 nitrogen and oxygen atoms in total. The smallest absolute Gasteiger partial charge is 0.338 e. The molecule has 0 aliphatic heterocycles. The molecule has 0 aliphatic carbocycles. The monoisotopic (exact) mass is 307 g/mol. The fourth-order valence-corrected chi connectivity index (χ4v) is 2.44. The molecule has 0 saturated carbocycles. The van der Waals surface area contributed by atoms with Gasteiger partial charge in [-0.25, -0.2) is 9.48 Å². The van der Waals surface area contributed by atoms with Crippen molar-refractivity contribution in [2.75, 3.05) is 0 Å². The van der Waals surface area contributed by atoms with E-state index in [-0.39, 0.29) is 5.56 Å². The molecular weight excluding hydrogens is 301 g/mol. The van der Waals surface area contributed by atoms with Crippen LogP contribution in [0.25, 0.3) is 16.7 Å². The fourth-order valence-electron chi connectivity index (χ4n) is 1.95. The van der Waals surface area contributed by atoms with Gasteiger partial charge in [-0.15, -0.1) is 5.10 Å². The van der Waals surface area contributed by atoms with Crippen LogP contribution >= 0.6 is 23.2 Å². The van der Waals surface area contributed by atoms with Crippen molar-refractivity contribution in [2.24, 2.45) is 0 Å². The van der Waals surface area contributed by atoms with Gasteiger partial charge in [-0.2, -0.15) is 0 Å². The van der Waals surface area contributed by atoms with Crippen molar-refractivity contribution in [1.29, 1.82) is 0 Å². The summed E-state index contributed by atoms with van der Waals surface area (Å²) in [6, 6.07) is 9.81. The number of aromatic nitrogens is 3. The Kier molecular flexibility index (Phi) is 3.08. The summed E-state index contributed by atoms with van der Waals surface area (Å²) < 4.78 is 1.49. The van der Waals surface area contributed by atoms with Gasteiger partial charge in [0, 0.05) is 5.02 Å². The Bertz CT molecular complexity index is 830. The Balaban J connectivity index is 2.28. The van der Waals surface area contributed by atoms with Crippen LogP contribution in [0.4, 0.5) is 0 Å². The van der Waals surface area contributed by atoms with Crippen molar-refractivity contribution in [2.45, 2.75) is 0 Å². The lowest BCUT2D eigenvalue weighted by Gasteiger charge is -2.05. The average molecular weight is 308 g/mol. The molecule has 1 N–H and O–H groups in total. The van der Waals surface area contributed by atoms with Gasteiger partial charge in [-0.1, -0.05) is 34.5 Å². The summed E-state index contributed by atoms with van der Waals surface area (Å²) in [5.74, 6) is -1.05. The van der Waals surface area contributed by atoms with Gasteiger partial charge < -0.3 is 5.11 Å². The first-order valence-electron chi connectivity index (χ1n) is 5.61. The Morgan fingerprint density at radius 1 is 1.20 bits per heavy atom. The predicted octanol–water partition coefficient (Wildman–Crippen LogP) is 3.43. The van der Waals surface area contributed by atoms with Crippen LogP contribution in [0.2, 0.25) is 10.0 Å². The van der Waals surface area contributed by atoms with E-state index >= 15 is 0 Å². The fraction of sp³-hybridized carbons (Fsp3) is 0. The maximum absolute atomic E-state index is 11.2. The van der Waals surface area contributed by atoms with Crippen LogP contribution in [0, 0.1) is 0 Å².